The molecule has 3 heterocycles. The maximum absolute atomic E-state index is 12.4. The molecule has 0 saturated carbocycles. The normalized spacial score (nSPS) is 19.9. The number of rotatable bonds is 8. The van der Waals surface area contributed by atoms with Crippen molar-refractivity contribution < 1.29 is 23.3 Å². The number of amides is 2. The van der Waals surface area contributed by atoms with Gasteiger partial charge in [0.05, 0.1) is 24.4 Å². The van der Waals surface area contributed by atoms with E-state index >= 15 is 0 Å². The van der Waals surface area contributed by atoms with Crippen LogP contribution in [0, 0.1) is 0 Å². The van der Waals surface area contributed by atoms with Gasteiger partial charge in [0.25, 0.3) is 5.91 Å². The van der Waals surface area contributed by atoms with Crippen molar-refractivity contribution in [3.05, 3.63) is 35.9 Å². The lowest BCUT2D eigenvalue weighted by Gasteiger charge is -2.21. The van der Waals surface area contributed by atoms with Gasteiger partial charge in [-0.3, -0.25) is 14.5 Å². The number of likely N-dealkylation sites (N-methyl/N-ethyl adjacent to an activating group) is 1. The number of nitrogens with zero attached hydrogens (tertiary/aromatic N) is 3. The van der Waals surface area contributed by atoms with E-state index in [4.69, 9.17) is 13.7 Å². The summed E-state index contributed by atoms with van der Waals surface area (Å²) < 4.78 is 15.1. The molecular weight excluding hydrogens is 354 g/mol. The number of likely N-dealkylation sites (tertiary alicyclic amines) is 1. The molecule has 1 aliphatic rings. The molecule has 1 aliphatic heterocycles. The van der Waals surface area contributed by atoms with Crippen molar-refractivity contribution in [3.63, 3.8) is 0 Å². The second-order valence-corrected chi connectivity index (χ2v) is 6.30. The average molecular weight is 377 g/mol. The molecule has 2 atom stereocenters. The number of furan rings is 1. The summed E-state index contributed by atoms with van der Waals surface area (Å²) in [5, 5.41) is 9.61. The van der Waals surface area contributed by atoms with Crippen molar-refractivity contribution in [2.45, 2.75) is 38.6 Å². The molecule has 1 saturated heterocycles. The molecule has 0 aliphatic carbocycles. The molecule has 0 bridgehead atoms. The Balaban J connectivity index is 1.67. The van der Waals surface area contributed by atoms with Gasteiger partial charge in [-0.1, -0.05) is 5.16 Å². The summed E-state index contributed by atoms with van der Waals surface area (Å²) in [4.78, 5) is 30.9. The van der Waals surface area contributed by atoms with E-state index < -0.39 is 6.04 Å². The Morgan fingerprint density at radius 3 is 3.00 bits per heavy atom. The highest BCUT2D eigenvalue weighted by molar-refractivity contribution is 5.94. The first kappa shape index (κ1) is 19.1. The minimum absolute atomic E-state index is 0.0887. The van der Waals surface area contributed by atoms with Crippen LogP contribution in [0.4, 0.5) is 0 Å². The zero-order valence-corrected chi connectivity index (χ0v) is 15.3. The van der Waals surface area contributed by atoms with E-state index in [1.165, 1.54) is 12.5 Å². The number of hydrogen-bond donors (Lipinski definition) is 2. The predicted octanol–water partition coefficient (Wildman–Crippen LogP) is 0.318. The molecule has 2 amide bonds. The predicted molar refractivity (Wildman–Crippen MR) is 92.5 cm³/mol. The smallest absolute Gasteiger partial charge is 0.254 e. The van der Waals surface area contributed by atoms with Gasteiger partial charge in [0.1, 0.15) is 12.9 Å². The maximum atomic E-state index is 12.4. The first-order valence-corrected chi connectivity index (χ1v) is 8.76. The number of methoxy groups -OCH3 is 1. The van der Waals surface area contributed by atoms with Crippen LogP contribution in [0.1, 0.15) is 35.4 Å². The molecule has 0 radical (unpaired) electrons. The molecule has 0 aromatic carbocycles. The number of carbonyl (C=O) groups excluding carboxylic acids is 2. The van der Waals surface area contributed by atoms with Crippen molar-refractivity contribution >= 4 is 11.8 Å². The molecule has 2 N–H and O–H groups in total. The number of ether oxygens (including phenoxy) is 1. The molecular formula is C17H23N5O5. The highest BCUT2D eigenvalue weighted by Gasteiger charge is 2.38. The quantitative estimate of drug-likeness (QED) is 0.674. The molecule has 0 spiro atoms. The van der Waals surface area contributed by atoms with Gasteiger partial charge >= 0.3 is 0 Å². The number of aromatic nitrogens is 2. The Labute approximate surface area is 156 Å². The monoisotopic (exact) mass is 377 g/mol. The van der Waals surface area contributed by atoms with Gasteiger partial charge in [-0.05, 0) is 19.4 Å². The third kappa shape index (κ3) is 4.72. The fraction of sp³-hybridized carbons (Fsp3) is 0.529. The van der Waals surface area contributed by atoms with Crippen molar-refractivity contribution in [2.24, 2.45) is 0 Å². The van der Waals surface area contributed by atoms with Gasteiger partial charge in [-0.15, -0.1) is 0 Å². The maximum Gasteiger partial charge on any atom is 0.254 e. The van der Waals surface area contributed by atoms with E-state index in [2.05, 4.69) is 20.8 Å². The molecule has 3 rings (SSSR count). The van der Waals surface area contributed by atoms with Crippen LogP contribution in [0.25, 0.3) is 0 Å². The van der Waals surface area contributed by atoms with E-state index in [9.17, 15) is 9.59 Å². The summed E-state index contributed by atoms with van der Waals surface area (Å²) in [7, 11) is 1.55. The second kappa shape index (κ2) is 8.78. The molecule has 2 aromatic heterocycles. The molecule has 1 fully saturated rings. The lowest BCUT2D eigenvalue weighted by Crippen LogP contribution is -2.42. The number of hydrogen-bond acceptors (Lipinski definition) is 8. The number of nitrogens with one attached hydrogen (secondary N) is 2. The van der Waals surface area contributed by atoms with Crippen molar-refractivity contribution in [1.29, 1.82) is 0 Å². The fourth-order valence-corrected chi connectivity index (χ4v) is 3.13. The summed E-state index contributed by atoms with van der Waals surface area (Å²) in [6.07, 6.45) is 3.33. The molecule has 10 nitrogen and oxygen atoms in total. The summed E-state index contributed by atoms with van der Waals surface area (Å²) >= 11 is 0. The van der Waals surface area contributed by atoms with Crippen LogP contribution in [0.5, 0.6) is 0 Å². The van der Waals surface area contributed by atoms with Gasteiger partial charge in [0, 0.05) is 26.2 Å². The third-order valence-corrected chi connectivity index (χ3v) is 4.30. The van der Waals surface area contributed by atoms with Gasteiger partial charge < -0.3 is 24.3 Å². The van der Waals surface area contributed by atoms with Crippen LogP contribution in [0.15, 0.2) is 27.5 Å². The van der Waals surface area contributed by atoms with E-state index in [1.54, 1.807) is 13.2 Å². The van der Waals surface area contributed by atoms with E-state index in [-0.39, 0.29) is 24.5 Å². The van der Waals surface area contributed by atoms with E-state index in [0.29, 0.717) is 43.3 Å². The largest absolute Gasteiger partial charge is 0.472 e. The highest BCUT2D eigenvalue weighted by atomic mass is 16.5. The molecule has 0 unspecified atom stereocenters. The van der Waals surface area contributed by atoms with E-state index in [0.717, 1.165) is 0 Å². The van der Waals surface area contributed by atoms with Crippen LogP contribution in [-0.4, -0.2) is 59.1 Å². The van der Waals surface area contributed by atoms with Gasteiger partial charge in [-0.2, -0.15) is 4.98 Å². The lowest BCUT2D eigenvalue weighted by atomic mass is 10.1. The fourth-order valence-electron chi connectivity index (χ4n) is 3.13. The Kier molecular flexibility index (Phi) is 6.20. The summed E-state index contributed by atoms with van der Waals surface area (Å²) in [5.74, 6) is 0.531. The summed E-state index contributed by atoms with van der Waals surface area (Å²) in [6.45, 7) is 3.47. The average Bonchev–Trinajstić information content (AvgIpc) is 3.37. The first-order chi connectivity index (χ1) is 13.1. The van der Waals surface area contributed by atoms with Crippen LogP contribution in [0.3, 0.4) is 0 Å². The molecule has 2 aromatic rings. The van der Waals surface area contributed by atoms with Crippen molar-refractivity contribution in [1.82, 2.24) is 25.7 Å². The molecule has 27 heavy (non-hydrogen) atoms. The Bertz CT molecular complexity index is 760. The SMILES string of the molecule is CCNC(=O)[C@@H]1C[C@H](NC(=O)c2ccoc2)CN1Cc1nc(COC)no1. The van der Waals surface area contributed by atoms with Crippen molar-refractivity contribution in [3.8, 4) is 0 Å². The van der Waals surface area contributed by atoms with Crippen LogP contribution < -0.4 is 10.6 Å². The van der Waals surface area contributed by atoms with Gasteiger partial charge in [-0.25, -0.2) is 0 Å². The first-order valence-electron chi connectivity index (χ1n) is 8.76. The minimum atomic E-state index is -0.391. The van der Waals surface area contributed by atoms with Crippen LogP contribution in [0.2, 0.25) is 0 Å². The molecule has 146 valence electrons. The minimum Gasteiger partial charge on any atom is -0.472 e. The zero-order chi connectivity index (χ0) is 19.2. The standard InChI is InChI=1S/C17H23N5O5/c1-3-18-17(24)13-6-12(19-16(23)11-4-5-26-9-11)7-22(13)8-15-20-14(10-25-2)21-27-15/h4-5,9,12-13H,3,6-8,10H2,1-2H3,(H,18,24)(H,19,23)/t12-,13-/m0/s1. The summed E-state index contributed by atoms with van der Waals surface area (Å²) in [5.41, 5.74) is 0.448. The Morgan fingerprint density at radius 1 is 1.44 bits per heavy atom. The zero-order valence-electron chi connectivity index (χ0n) is 15.3. The van der Waals surface area contributed by atoms with Crippen molar-refractivity contribution in [2.75, 3.05) is 20.2 Å². The third-order valence-electron chi connectivity index (χ3n) is 4.30. The van der Waals surface area contributed by atoms with E-state index in [1.807, 2.05) is 11.8 Å². The van der Waals surface area contributed by atoms with Crippen LogP contribution >= 0.6 is 0 Å². The second-order valence-electron chi connectivity index (χ2n) is 6.30. The topological polar surface area (TPSA) is 123 Å². The lowest BCUT2D eigenvalue weighted by molar-refractivity contribution is -0.125. The molecule has 10 heteroatoms. The Morgan fingerprint density at radius 2 is 2.30 bits per heavy atom. The van der Waals surface area contributed by atoms with Gasteiger partial charge in [0.15, 0.2) is 5.82 Å². The summed E-state index contributed by atoms with van der Waals surface area (Å²) in [6, 6.07) is 1.03. The number of carbonyl (C=O) groups is 2. The van der Waals surface area contributed by atoms with Gasteiger partial charge in [0.2, 0.25) is 11.8 Å². The Hall–Kier alpha value is -2.72. The highest BCUT2D eigenvalue weighted by Crippen LogP contribution is 2.21. The van der Waals surface area contributed by atoms with Crippen LogP contribution in [-0.2, 0) is 22.7 Å².